The number of nitrogens with one attached hydrogen (secondary N) is 2. The highest BCUT2D eigenvalue weighted by Crippen LogP contribution is 1.91. The van der Waals surface area contributed by atoms with Gasteiger partial charge in [-0.25, -0.2) is 10.4 Å². The lowest BCUT2D eigenvalue weighted by molar-refractivity contribution is -0.121. The monoisotopic (exact) mass is 200 g/mol. The lowest BCUT2D eigenvalue weighted by Gasteiger charge is -2.26. The maximum Gasteiger partial charge on any atom is 0.235 e. The highest BCUT2D eigenvalue weighted by atomic mass is 16.5. The number of morpholine rings is 1. The highest BCUT2D eigenvalue weighted by Gasteiger charge is 2.10. The minimum absolute atomic E-state index is 0.0520. The third-order valence-corrected chi connectivity index (χ3v) is 1.83. The Hall–Kier alpha value is -0.980. The van der Waals surface area contributed by atoms with Crippen LogP contribution in [0.5, 0.6) is 0 Å². The smallest absolute Gasteiger partial charge is 0.235 e. The zero-order chi connectivity index (χ0) is 10.2. The predicted molar refractivity (Wildman–Crippen MR) is 49.1 cm³/mol. The lowest BCUT2D eigenvalue weighted by Crippen LogP contribution is -2.49. The molecule has 0 aromatic heterocycles. The first-order valence-corrected chi connectivity index (χ1v) is 4.51. The van der Waals surface area contributed by atoms with Crippen molar-refractivity contribution in [2.45, 2.75) is 0 Å². The van der Waals surface area contributed by atoms with Crippen LogP contribution in [0.3, 0.4) is 0 Å². The van der Waals surface area contributed by atoms with Crippen LogP contribution in [0.15, 0.2) is 0 Å². The second-order valence-corrected chi connectivity index (χ2v) is 2.86. The summed E-state index contributed by atoms with van der Waals surface area (Å²) in [5.74, 6) is -0.208. The second-order valence-electron chi connectivity index (χ2n) is 2.86. The SMILES string of the molecule is O=[C]CNC(=O)CNN1CCOCC1. The first-order valence-electron chi connectivity index (χ1n) is 4.51. The maximum atomic E-state index is 11.0. The second kappa shape index (κ2) is 6.47. The van der Waals surface area contributed by atoms with Crippen LogP contribution < -0.4 is 10.7 Å². The standard InChI is InChI=1S/C8H14N3O3/c12-4-1-9-8(13)7-10-11-2-5-14-6-3-11/h10H,1-3,5-7H2,(H,9,13). The van der Waals surface area contributed by atoms with Gasteiger partial charge in [-0.2, -0.15) is 0 Å². The molecule has 1 saturated heterocycles. The molecule has 1 aliphatic heterocycles. The van der Waals surface area contributed by atoms with E-state index in [2.05, 4.69) is 10.7 Å². The fourth-order valence-corrected chi connectivity index (χ4v) is 1.10. The molecule has 0 aromatic carbocycles. The molecule has 0 bridgehead atoms. The van der Waals surface area contributed by atoms with Crippen LogP contribution in [0.1, 0.15) is 0 Å². The minimum Gasteiger partial charge on any atom is -0.379 e. The Morgan fingerprint density at radius 2 is 2.14 bits per heavy atom. The molecule has 1 heterocycles. The van der Waals surface area contributed by atoms with E-state index >= 15 is 0 Å². The summed E-state index contributed by atoms with van der Waals surface area (Å²) in [5.41, 5.74) is 2.94. The molecule has 1 radical (unpaired) electrons. The van der Waals surface area contributed by atoms with Crippen molar-refractivity contribution in [2.24, 2.45) is 0 Å². The van der Waals surface area contributed by atoms with Crippen LogP contribution in [0.25, 0.3) is 0 Å². The first kappa shape index (κ1) is 11.1. The molecular weight excluding hydrogens is 186 g/mol. The zero-order valence-electron chi connectivity index (χ0n) is 7.91. The van der Waals surface area contributed by atoms with Gasteiger partial charge in [-0.15, -0.1) is 0 Å². The molecular formula is C8H14N3O3. The molecule has 0 unspecified atom stereocenters. The number of rotatable bonds is 5. The fourth-order valence-electron chi connectivity index (χ4n) is 1.10. The maximum absolute atomic E-state index is 11.0. The summed E-state index contributed by atoms with van der Waals surface area (Å²) in [6.07, 6.45) is 1.59. The number of ether oxygens (including phenoxy) is 1. The summed E-state index contributed by atoms with van der Waals surface area (Å²) in [7, 11) is 0. The Kier molecular flexibility index (Phi) is 5.13. The van der Waals surface area contributed by atoms with Crippen molar-refractivity contribution in [1.29, 1.82) is 0 Å². The van der Waals surface area contributed by atoms with Gasteiger partial charge in [0.1, 0.15) is 0 Å². The molecule has 0 saturated carbocycles. The Labute approximate surface area is 82.6 Å². The van der Waals surface area contributed by atoms with E-state index in [0.717, 1.165) is 13.1 Å². The number of amides is 1. The molecule has 0 aliphatic carbocycles. The third kappa shape index (κ3) is 4.31. The summed E-state index contributed by atoms with van der Waals surface area (Å²) in [4.78, 5) is 20.9. The number of carbonyl (C=O) groups excluding carboxylic acids is 2. The number of hydrogen-bond acceptors (Lipinski definition) is 5. The molecule has 1 amide bonds. The molecule has 0 spiro atoms. The Bertz CT molecular complexity index is 192. The van der Waals surface area contributed by atoms with E-state index in [1.165, 1.54) is 0 Å². The van der Waals surface area contributed by atoms with Crippen LogP contribution in [0, 0.1) is 0 Å². The zero-order valence-corrected chi connectivity index (χ0v) is 7.91. The summed E-state index contributed by atoms with van der Waals surface area (Å²) in [5, 5.41) is 4.31. The van der Waals surface area contributed by atoms with Crippen LogP contribution in [-0.4, -0.2) is 56.6 Å². The van der Waals surface area contributed by atoms with Gasteiger partial charge in [0.05, 0.1) is 26.3 Å². The summed E-state index contributed by atoms with van der Waals surface area (Å²) in [6.45, 7) is 3.03. The van der Waals surface area contributed by atoms with Crippen molar-refractivity contribution in [3.8, 4) is 0 Å². The Morgan fingerprint density at radius 3 is 2.79 bits per heavy atom. The van der Waals surface area contributed by atoms with Crippen LogP contribution in [0.2, 0.25) is 0 Å². The van der Waals surface area contributed by atoms with Crippen molar-refractivity contribution in [3.05, 3.63) is 0 Å². The average molecular weight is 200 g/mol. The van der Waals surface area contributed by atoms with E-state index in [1.54, 1.807) is 6.29 Å². The number of carbonyl (C=O) groups is 1. The van der Waals surface area contributed by atoms with E-state index in [-0.39, 0.29) is 19.0 Å². The van der Waals surface area contributed by atoms with Gasteiger partial charge in [0.25, 0.3) is 0 Å². The summed E-state index contributed by atoms with van der Waals surface area (Å²) >= 11 is 0. The van der Waals surface area contributed by atoms with E-state index < -0.39 is 0 Å². The van der Waals surface area contributed by atoms with Gasteiger partial charge in [0.2, 0.25) is 12.2 Å². The number of hydrazine groups is 1. The molecule has 6 heteroatoms. The molecule has 6 nitrogen and oxygen atoms in total. The molecule has 1 aliphatic rings. The van der Waals surface area contributed by atoms with Crippen molar-refractivity contribution < 1.29 is 14.3 Å². The van der Waals surface area contributed by atoms with Crippen molar-refractivity contribution in [3.63, 3.8) is 0 Å². The molecule has 1 rings (SSSR count). The van der Waals surface area contributed by atoms with Crippen molar-refractivity contribution in [1.82, 2.24) is 15.8 Å². The van der Waals surface area contributed by atoms with Gasteiger partial charge < -0.3 is 10.1 Å². The predicted octanol–water partition coefficient (Wildman–Crippen LogP) is -1.95. The largest absolute Gasteiger partial charge is 0.379 e. The van der Waals surface area contributed by atoms with Gasteiger partial charge in [-0.1, -0.05) is 0 Å². The molecule has 1 fully saturated rings. The van der Waals surface area contributed by atoms with E-state index in [9.17, 15) is 9.59 Å². The van der Waals surface area contributed by atoms with Gasteiger partial charge in [-0.05, 0) is 0 Å². The summed E-state index contributed by atoms with van der Waals surface area (Å²) in [6, 6.07) is 0. The average Bonchev–Trinajstić information content (AvgIpc) is 2.25. The normalized spacial score (nSPS) is 17.7. The van der Waals surface area contributed by atoms with E-state index in [4.69, 9.17) is 4.74 Å². The third-order valence-electron chi connectivity index (χ3n) is 1.83. The van der Waals surface area contributed by atoms with E-state index in [1.807, 2.05) is 5.01 Å². The van der Waals surface area contributed by atoms with Gasteiger partial charge in [0, 0.05) is 13.1 Å². The molecule has 14 heavy (non-hydrogen) atoms. The summed E-state index contributed by atoms with van der Waals surface area (Å²) < 4.78 is 5.14. The highest BCUT2D eigenvalue weighted by molar-refractivity contribution is 5.80. The quantitative estimate of drug-likeness (QED) is 0.539. The van der Waals surface area contributed by atoms with E-state index in [0.29, 0.717) is 13.2 Å². The Balaban J connectivity index is 2.06. The molecule has 0 aromatic rings. The van der Waals surface area contributed by atoms with Crippen LogP contribution >= 0.6 is 0 Å². The van der Waals surface area contributed by atoms with Gasteiger partial charge in [0.15, 0.2) is 0 Å². The lowest BCUT2D eigenvalue weighted by atomic mass is 10.5. The topological polar surface area (TPSA) is 70.7 Å². The van der Waals surface area contributed by atoms with Crippen molar-refractivity contribution in [2.75, 3.05) is 39.4 Å². The first-order chi connectivity index (χ1) is 6.83. The Morgan fingerprint density at radius 1 is 1.43 bits per heavy atom. The van der Waals surface area contributed by atoms with Crippen LogP contribution in [-0.2, 0) is 14.3 Å². The molecule has 0 atom stereocenters. The molecule has 2 N–H and O–H groups in total. The van der Waals surface area contributed by atoms with Gasteiger partial charge >= 0.3 is 0 Å². The minimum atomic E-state index is -0.208. The fraction of sp³-hybridized carbons (Fsp3) is 0.750. The van der Waals surface area contributed by atoms with Gasteiger partial charge in [-0.3, -0.25) is 9.59 Å². The number of nitrogens with zero attached hydrogens (tertiary/aromatic N) is 1. The number of hydrogen-bond donors (Lipinski definition) is 2. The van der Waals surface area contributed by atoms with Crippen LogP contribution in [0.4, 0.5) is 0 Å². The van der Waals surface area contributed by atoms with Crippen molar-refractivity contribution >= 4 is 12.2 Å². The molecule has 79 valence electrons.